The number of benzene rings is 4. The smallest absolute Gasteiger partial charge is 0.357 e. The molecule has 4 rings (SSSR count). The maximum Gasteiger partial charge on any atom is 0.416 e. The topological polar surface area (TPSA) is 86.8 Å². The van der Waals surface area contributed by atoms with Crippen LogP contribution in [0.4, 0.5) is 18.9 Å². The Bertz CT molecular complexity index is 1750. The molecular weight excluding hydrogens is 627 g/mol. The lowest BCUT2D eigenvalue weighted by molar-refractivity contribution is -0.139. The fraction of sp³-hybridized carbons (Fsp3) is 0.212. The molecule has 236 valence electrons. The molecule has 0 aromatic heterocycles. The van der Waals surface area contributed by atoms with Crippen molar-refractivity contribution in [1.82, 2.24) is 10.2 Å². The number of nitrogens with zero attached hydrogens (tertiary/aromatic N) is 2. The summed E-state index contributed by atoms with van der Waals surface area (Å²) in [5.74, 6) is -1.33. The summed E-state index contributed by atoms with van der Waals surface area (Å²) in [5, 5.41) is 2.27. The molecule has 2 amide bonds. The number of aryl methyl sites for hydroxylation is 1. The minimum atomic E-state index is -4.82. The van der Waals surface area contributed by atoms with E-state index in [0.717, 1.165) is 23.3 Å². The predicted molar refractivity (Wildman–Crippen MR) is 167 cm³/mol. The number of halogens is 4. The number of anilines is 1. The van der Waals surface area contributed by atoms with Crippen molar-refractivity contribution in [3.05, 3.63) is 130 Å². The largest absolute Gasteiger partial charge is 0.416 e. The van der Waals surface area contributed by atoms with E-state index in [1.54, 1.807) is 48.5 Å². The molecule has 0 unspecified atom stereocenters. The number of likely N-dealkylation sites (N-methyl/N-ethyl adjacent to an activating group) is 1. The van der Waals surface area contributed by atoms with Gasteiger partial charge in [-0.2, -0.15) is 13.2 Å². The zero-order valence-corrected chi connectivity index (χ0v) is 26.0. The molecule has 1 atom stereocenters. The Kier molecular flexibility index (Phi) is 10.6. The van der Waals surface area contributed by atoms with E-state index in [9.17, 15) is 31.2 Å². The Labute approximate surface area is 265 Å². The Morgan fingerprint density at radius 2 is 1.49 bits per heavy atom. The van der Waals surface area contributed by atoms with E-state index >= 15 is 0 Å². The molecule has 0 heterocycles. The molecule has 0 aliphatic carbocycles. The highest BCUT2D eigenvalue weighted by molar-refractivity contribution is 7.92. The zero-order chi connectivity index (χ0) is 32.8. The number of hydrogen-bond acceptors (Lipinski definition) is 4. The molecule has 45 heavy (non-hydrogen) atoms. The number of carbonyl (C=O) groups excluding carboxylic acids is 2. The van der Waals surface area contributed by atoms with Crippen molar-refractivity contribution in [1.29, 1.82) is 0 Å². The quantitative estimate of drug-likeness (QED) is 0.207. The van der Waals surface area contributed by atoms with E-state index in [-0.39, 0.29) is 22.9 Å². The molecular formula is C33H31ClF3N3O4S. The van der Waals surface area contributed by atoms with Gasteiger partial charge < -0.3 is 10.2 Å². The van der Waals surface area contributed by atoms with Crippen LogP contribution in [0.2, 0.25) is 5.02 Å². The summed E-state index contributed by atoms with van der Waals surface area (Å²) < 4.78 is 69.8. The Balaban J connectivity index is 1.85. The van der Waals surface area contributed by atoms with Gasteiger partial charge in [-0.3, -0.25) is 13.9 Å². The van der Waals surface area contributed by atoms with E-state index in [0.29, 0.717) is 15.9 Å². The first-order valence-corrected chi connectivity index (χ1v) is 15.7. The van der Waals surface area contributed by atoms with Crippen molar-refractivity contribution in [2.45, 2.75) is 37.0 Å². The third-order valence-corrected chi connectivity index (χ3v) is 9.20. The van der Waals surface area contributed by atoms with Gasteiger partial charge in [-0.15, -0.1) is 0 Å². The van der Waals surface area contributed by atoms with Crippen LogP contribution in [-0.4, -0.2) is 44.8 Å². The van der Waals surface area contributed by atoms with Gasteiger partial charge in [-0.1, -0.05) is 90.0 Å². The van der Waals surface area contributed by atoms with Crippen LogP contribution in [-0.2, 0) is 38.8 Å². The Morgan fingerprint density at radius 1 is 0.867 bits per heavy atom. The molecule has 7 nitrogen and oxygen atoms in total. The lowest BCUT2D eigenvalue weighted by atomic mass is 10.0. The Morgan fingerprint density at radius 3 is 2.09 bits per heavy atom. The summed E-state index contributed by atoms with van der Waals surface area (Å²) in [6.07, 6.45) is -4.73. The van der Waals surface area contributed by atoms with E-state index in [2.05, 4.69) is 5.32 Å². The van der Waals surface area contributed by atoms with Gasteiger partial charge in [0.25, 0.3) is 10.0 Å². The van der Waals surface area contributed by atoms with Gasteiger partial charge in [0.1, 0.15) is 12.6 Å². The molecule has 1 N–H and O–H groups in total. The molecule has 0 fully saturated rings. The van der Waals surface area contributed by atoms with Gasteiger partial charge in [-0.05, 0) is 48.4 Å². The summed E-state index contributed by atoms with van der Waals surface area (Å²) in [7, 11) is -3.20. The number of alkyl halides is 3. The normalized spacial score (nSPS) is 12.3. The molecule has 0 radical (unpaired) electrons. The molecule has 0 bridgehead atoms. The molecule has 0 saturated carbocycles. The number of rotatable bonds is 11. The third-order valence-electron chi connectivity index (χ3n) is 7.11. The molecule has 0 saturated heterocycles. The van der Waals surface area contributed by atoms with Gasteiger partial charge in [0.15, 0.2) is 0 Å². The lowest BCUT2D eigenvalue weighted by Crippen LogP contribution is -2.53. The number of amides is 2. The van der Waals surface area contributed by atoms with E-state index in [1.807, 2.05) is 19.1 Å². The fourth-order valence-electron chi connectivity index (χ4n) is 4.84. The van der Waals surface area contributed by atoms with Crippen molar-refractivity contribution in [2.24, 2.45) is 0 Å². The summed E-state index contributed by atoms with van der Waals surface area (Å²) in [6.45, 7) is 0.840. The standard InChI is InChI=1S/C33H31ClF3N3O4S/c1-23-10-9-13-25(18-23)21-39(30(32(42)38-2)19-24-11-5-3-6-12-24)31(41)22-40(45(43,44)27-14-7-4-8-15-27)29-20-26(33(35,36)37)16-17-28(29)34/h3-18,20,30H,19,21-22H2,1-2H3,(H,38,42)/t30-/m1/s1. The Hall–Kier alpha value is -4.35. The van der Waals surface area contributed by atoms with Crippen LogP contribution in [0.1, 0.15) is 22.3 Å². The van der Waals surface area contributed by atoms with Crippen LogP contribution in [0, 0.1) is 6.92 Å². The lowest BCUT2D eigenvalue weighted by Gasteiger charge is -2.34. The molecule has 0 spiro atoms. The number of sulfonamides is 1. The van der Waals surface area contributed by atoms with Crippen LogP contribution in [0.5, 0.6) is 0 Å². The summed E-state index contributed by atoms with van der Waals surface area (Å²) in [4.78, 5) is 28.6. The van der Waals surface area contributed by atoms with Crippen molar-refractivity contribution >= 4 is 39.1 Å². The predicted octanol–water partition coefficient (Wildman–Crippen LogP) is 6.25. The van der Waals surface area contributed by atoms with Crippen molar-refractivity contribution in [3.63, 3.8) is 0 Å². The van der Waals surface area contributed by atoms with E-state index in [4.69, 9.17) is 11.6 Å². The number of hydrogen-bond donors (Lipinski definition) is 1. The maximum absolute atomic E-state index is 14.3. The van der Waals surface area contributed by atoms with Gasteiger partial charge in [0.05, 0.1) is 21.2 Å². The zero-order valence-electron chi connectivity index (χ0n) is 24.5. The van der Waals surface area contributed by atoms with Crippen LogP contribution >= 0.6 is 11.6 Å². The van der Waals surface area contributed by atoms with Gasteiger partial charge >= 0.3 is 6.18 Å². The second-order valence-corrected chi connectivity index (χ2v) is 12.6. The van der Waals surface area contributed by atoms with Crippen molar-refractivity contribution in [2.75, 3.05) is 17.9 Å². The SMILES string of the molecule is CNC(=O)[C@@H](Cc1ccccc1)N(Cc1cccc(C)c1)C(=O)CN(c1cc(C(F)(F)F)ccc1Cl)S(=O)(=O)c1ccccc1. The van der Waals surface area contributed by atoms with Gasteiger partial charge in [0.2, 0.25) is 11.8 Å². The fourth-order valence-corrected chi connectivity index (χ4v) is 6.56. The first-order chi connectivity index (χ1) is 21.3. The van der Waals surface area contributed by atoms with Crippen LogP contribution in [0.3, 0.4) is 0 Å². The summed E-state index contributed by atoms with van der Waals surface area (Å²) in [6, 6.07) is 24.4. The van der Waals surface area contributed by atoms with Crippen LogP contribution in [0.25, 0.3) is 0 Å². The van der Waals surface area contributed by atoms with Crippen LogP contribution < -0.4 is 9.62 Å². The molecule has 4 aromatic carbocycles. The van der Waals surface area contributed by atoms with Crippen molar-refractivity contribution < 1.29 is 31.2 Å². The monoisotopic (exact) mass is 657 g/mol. The number of nitrogens with one attached hydrogen (secondary N) is 1. The van der Waals surface area contributed by atoms with Gasteiger partial charge in [0, 0.05) is 20.0 Å². The first kappa shape index (κ1) is 33.5. The van der Waals surface area contributed by atoms with Gasteiger partial charge in [-0.25, -0.2) is 8.42 Å². The first-order valence-electron chi connectivity index (χ1n) is 13.9. The minimum absolute atomic E-state index is 0.0824. The number of carbonyl (C=O) groups is 2. The summed E-state index contributed by atoms with van der Waals surface area (Å²) in [5.41, 5.74) is 0.622. The minimum Gasteiger partial charge on any atom is -0.357 e. The van der Waals surface area contributed by atoms with E-state index in [1.165, 1.54) is 36.2 Å². The molecule has 0 aliphatic heterocycles. The van der Waals surface area contributed by atoms with Crippen LogP contribution in [0.15, 0.2) is 108 Å². The molecule has 4 aromatic rings. The average molecular weight is 658 g/mol. The van der Waals surface area contributed by atoms with E-state index < -0.39 is 51.9 Å². The highest BCUT2D eigenvalue weighted by atomic mass is 35.5. The second-order valence-electron chi connectivity index (χ2n) is 10.3. The maximum atomic E-state index is 14.3. The highest BCUT2D eigenvalue weighted by Gasteiger charge is 2.37. The average Bonchev–Trinajstić information content (AvgIpc) is 3.01. The third kappa shape index (κ3) is 8.23. The van der Waals surface area contributed by atoms with Crippen molar-refractivity contribution in [3.8, 4) is 0 Å². The molecule has 0 aliphatic rings. The molecule has 12 heteroatoms. The second kappa shape index (κ2) is 14.2. The summed E-state index contributed by atoms with van der Waals surface area (Å²) >= 11 is 6.33. The highest BCUT2D eigenvalue weighted by Crippen LogP contribution is 2.37.